The van der Waals surface area contributed by atoms with Crippen molar-refractivity contribution in [2.24, 2.45) is 0 Å². The summed E-state index contributed by atoms with van der Waals surface area (Å²) in [5.41, 5.74) is -0.155. The maximum absolute atomic E-state index is 11.9. The number of hydrogen-bond acceptors (Lipinski definition) is 2. The fraction of sp³-hybridized carbons (Fsp3) is 0.222. The van der Waals surface area contributed by atoms with Gasteiger partial charge in [-0.25, -0.2) is 0 Å². The number of ketones is 1. The maximum Gasteiger partial charge on any atom is 0.421 e. The number of carbonyl (C=O) groups is 1. The Hall–Kier alpha value is -1.36. The van der Waals surface area contributed by atoms with Crippen LogP contribution >= 0.6 is 0 Å². The summed E-state index contributed by atoms with van der Waals surface area (Å²) >= 11 is 0. The van der Waals surface area contributed by atoms with Crippen LogP contribution in [-0.4, -0.2) is 23.2 Å². The molecule has 0 saturated heterocycles. The SMILES string of the molecule is O=C(c1ccccc1)C(O)C(F)(F)F. The molecule has 0 aliphatic rings. The molecule has 1 atom stereocenters. The van der Waals surface area contributed by atoms with Gasteiger partial charge in [-0.2, -0.15) is 13.2 Å². The number of aliphatic hydroxyl groups excluding tert-OH is 1. The average molecular weight is 204 g/mol. The topological polar surface area (TPSA) is 37.3 Å². The first-order chi connectivity index (χ1) is 6.43. The van der Waals surface area contributed by atoms with Crippen LogP contribution < -0.4 is 0 Å². The van der Waals surface area contributed by atoms with Gasteiger partial charge in [0.15, 0.2) is 0 Å². The first-order valence-electron chi connectivity index (χ1n) is 3.77. The minimum absolute atomic E-state index is 0.155. The highest BCUT2D eigenvalue weighted by atomic mass is 19.4. The predicted octanol–water partition coefficient (Wildman–Crippen LogP) is 1.79. The second kappa shape index (κ2) is 3.79. The number of benzene rings is 1. The van der Waals surface area contributed by atoms with Gasteiger partial charge in [0.2, 0.25) is 11.9 Å². The van der Waals surface area contributed by atoms with Crippen molar-refractivity contribution in [2.75, 3.05) is 0 Å². The maximum atomic E-state index is 11.9. The zero-order valence-corrected chi connectivity index (χ0v) is 6.95. The smallest absolute Gasteiger partial charge is 0.377 e. The Morgan fingerprint density at radius 3 is 2.14 bits per heavy atom. The first kappa shape index (κ1) is 10.7. The van der Waals surface area contributed by atoms with Gasteiger partial charge in [-0.15, -0.1) is 0 Å². The molecule has 0 bridgehead atoms. The van der Waals surface area contributed by atoms with Crippen molar-refractivity contribution in [2.45, 2.75) is 12.3 Å². The van der Waals surface area contributed by atoms with Crippen LogP contribution in [0.15, 0.2) is 30.3 Å². The first-order valence-corrected chi connectivity index (χ1v) is 3.77. The van der Waals surface area contributed by atoms with Gasteiger partial charge in [0, 0.05) is 5.56 Å². The van der Waals surface area contributed by atoms with Crippen LogP contribution in [0.25, 0.3) is 0 Å². The number of rotatable bonds is 2. The fourth-order valence-corrected chi connectivity index (χ4v) is 0.909. The molecule has 0 aliphatic heterocycles. The fourth-order valence-electron chi connectivity index (χ4n) is 0.909. The lowest BCUT2D eigenvalue weighted by atomic mass is 10.1. The third-order valence-electron chi connectivity index (χ3n) is 1.62. The summed E-state index contributed by atoms with van der Waals surface area (Å²) in [6.07, 6.45) is -7.85. The van der Waals surface area contributed by atoms with Gasteiger partial charge in [-0.05, 0) is 0 Å². The Morgan fingerprint density at radius 2 is 1.71 bits per heavy atom. The van der Waals surface area contributed by atoms with Gasteiger partial charge in [0.05, 0.1) is 0 Å². The zero-order chi connectivity index (χ0) is 10.8. The van der Waals surface area contributed by atoms with Crippen molar-refractivity contribution in [1.29, 1.82) is 0 Å². The van der Waals surface area contributed by atoms with E-state index in [2.05, 4.69) is 0 Å². The lowest BCUT2D eigenvalue weighted by Gasteiger charge is -2.12. The molecule has 0 radical (unpaired) electrons. The number of carbonyl (C=O) groups excluding carboxylic acids is 1. The van der Waals surface area contributed by atoms with Crippen LogP contribution in [-0.2, 0) is 0 Å². The standard InChI is InChI=1S/C9H7F3O2/c10-9(11,12)8(14)7(13)6-4-2-1-3-5-6/h1-5,8,14H. The lowest BCUT2D eigenvalue weighted by molar-refractivity contribution is -0.186. The van der Waals surface area contributed by atoms with Crippen LogP contribution in [0.3, 0.4) is 0 Å². The normalized spacial score (nSPS) is 13.7. The molecule has 5 heteroatoms. The Bertz CT molecular complexity index is 319. The van der Waals surface area contributed by atoms with Crippen molar-refractivity contribution in [3.63, 3.8) is 0 Å². The molecule has 0 spiro atoms. The number of Topliss-reactive ketones (excluding diaryl/α,β-unsaturated/α-hetero) is 1. The molecule has 1 unspecified atom stereocenters. The van der Waals surface area contributed by atoms with Gasteiger partial charge in [0.1, 0.15) is 0 Å². The Kier molecular flexibility index (Phi) is 2.90. The highest BCUT2D eigenvalue weighted by molar-refractivity contribution is 5.99. The zero-order valence-electron chi connectivity index (χ0n) is 6.95. The van der Waals surface area contributed by atoms with E-state index in [-0.39, 0.29) is 5.56 Å². The molecule has 1 N–H and O–H groups in total. The van der Waals surface area contributed by atoms with Crippen LogP contribution in [0.2, 0.25) is 0 Å². The minimum Gasteiger partial charge on any atom is -0.377 e. The van der Waals surface area contributed by atoms with Crippen LogP contribution in [0.4, 0.5) is 13.2 Å². The van der Waals surface area contributed by atoms with E-state index in [1.165, 1.54) is 24.3 Å². The molecule has 1 aromatic rings. The summed E-state index contributed by atoms with van der Waals surface area (Å²) in [5, 5.41) is 8.63. The molecular formula is C9H7F3O2. The highest BCUT2D eigenvalue weighted by Crippen LogP contribution is 2.22. The average Bonchev–Trinajstić information content (AvgIpc) is 2.15. The van der Waals surface area contributed by atoms with E-state index in [0.29, 0.717) is 0 Å². The summed E-state index contributed by atoms with van der Waals surface area (Å²) in [5.74, 6) is -1.34. The molecule has 2 nitrogen and oxygen atoms in total. The summed E-state index contributed by atoms with van der Waals surface area (Å²) < 4.78 is 35.7. The molecule has 1 aromatic carbocycles. The molecule has 0 aliphatic carbocycles. The Labute approximate surface area is 78.0 Å². The van der Waals surface area contributed by atoms with Crippen molar-refractivity contribution in [3.8, 4) is 0 Å². The van der Waals surface area contributed by atoms with E-state index < -0.39 is 18.1 Å². The molecule has 0 saturated carbocycles. The molecule has 1 rings (SSSR count). The van der Waals surface area contributed by atoms with E-state index in [4.69, 9.17) is 5.11 Å². The number of halogens is 3. The van der Waals surface area contributed by atoms with Gasteiger partial charge >= 0.3 is 6.18 Å². The van der Waals surface area contributed by atoms with Crippen molar-refractivity contribution in [3.05, 3.63) is 35.9 Å². The Morgan fingerprint density at radius 1 is 1.21 bits per heavy atom. The quantitative estimate of drug-likeness (QED) is 0.745. The van der Waals surface area contributed by atoms with Gasteiger partial charge in [-0.1, -0.05) is 30.3 Å². The Balaban J connectivity index is 2.87. The molecule has 14 heavy (non-hydrogen) atoms. The number of aliphatic hydroxyl groups is 1. The van der Waals surface area contributed by atoms with Gasteiger partial charge in [0.25, 0.3) is 0 Å². The van der Waals surface area contributed by atoms with Crippen LogP contribution in [0, 0.1) is 0 Å². The van der Waals surface area contributed by atoms with Gasteiger partial charge < -0.3 is 5.11 Å². The van der Waals surface area contributed by atoms with Gasteiger partial charge in [-0.3, -0.25) is 4.79 Å². The second-order valence-corrected chi connectivity index (χ2v) is 2.67. The summed E-state index contributed by atoms with van der Waals surface area (Å²) in [7, 11) is 0. The minimum atomic E-state index is -4.91. The molecular weight excluding hydrogens is 197 g/mol. The van der Waals surface area contributed by atoms with E-state index in [0.717, 1.165) is 0 Å². The van der Waals surface area contributed by atoms with E-state index >= 15 is 0 Å². The molecule has 76 valence electrons. The summed E-state index contributed by atoms with van der Waals surface area (Å²) in [6, 6.07) is 6.86. The third-order valence-corrected chi connectivity index (χ3v) is 1.62. The van der Waals surface area contributed by atoms with E-state index in [1.54, 1.807) is 6.07 Å². The molecule has 0 amide bonds. The largest absolute Gasteiger partial charge is 0.421 e. The highest BCUT2D eigenvalue weighted by Gasteiger charge is 2.43. The number of hydrogen-bond donors (Lipinski definition) is 1. The van der Waals surface area contributed by atoms with E-state index in [9.17, 15) is 18.0 Å². The lowest BCUT2D eigenvalue weighted by Crippen LogP contribution is -2.36. The summed E-state index contributed by atoms with van der Waals surface area (Å²) in [6.45, 7) is 0. The number of alkyl halides is 3. The summed E-state index contributed by atoms with van der Waals surface area (Å²) in [4.78, 5) is 11.0. The van der Waals surface area contributed by atoms with Crippen LogP contribution in [0.1, 0.15) is 10.4 Å². The van der Waals surface area contributed by atoms with E-state index in [1.807, 2.05) is 0 Å². The predicted molar refractivity (Wildman–Crippen MR) is 42.8 cm³/mol. The van der Waals surface area contributed by atoms with Crippen molar-refractivity contribution < 1.29 is 23.1 Å². The second-order valence-electron chi connectivity index (χ2n) is 2.67. The molecule has 0 heterocycles. The third kappa shape index (κ3) is 2.32. The monoisotopic (exact) mass is 204 g/mol. The van der Waals surface area contributed by atoms with Crippen LogP contribution in [0.5, 0.6) is 0 Å². The van der Waals surface area contributed by atoms with Crippen molar-refractivity contribution >= 4 is 5.78 Å². The van der Waals surface area contributed by atoms with Crippen molar-refractivity contribution in [1.82, 2.24) is 0 Å². The molecule has 0 fully saturated rings. The molecule has 0 aromatic heterocycles.